The van der Waals surface area contributed by atoms with E-state index in [2.05, 4.69) is 15.7 Å². The monoisotopic (exact) mass is 314 g/mol. The van der Waals surface area contributed by atoms with Crippen LogP contribution in [0.2, 0.25) is 0 Å². The van der Waals surface area contributed by atoms with Crippen LogP contribution >= 0.6 is 0 Å². The number of hydrogen-bond donors (Lipinski definition) is 2. The molecule has 7 heteroatoms. The van der Waals surface area contributed by atoms with Crippen molar-refractivity contribution < 1.29 is 14.3 Å². The van der Waals surface area contributed by atoms with Crippen LogP contribution < -0.4 is 15.4 Å². The number of fused-ring (bicyclic) bond motifs is 1. The summed E-state index contributed by atoms with van der Waals surface area (Å²) >= 11 is 0. The molecule has 0 bridgehead atoms. The van der Waals surface area contributed by atoms with Crippen molar-refractivity contribution in [1.29, 1.82) is 0 Å². The van der Waals surface area contributed by atoms with Gasteiger partial charge >= 0.3 is 0 Å². The summed E-state index contributed by atoms with van der Waals surface area (Å²) in [6.07, 6.45) is 3.25. The summed E-state index contributed by atoms with van der Waals surface area (Å²) in [5, 5.41) is 9.53. The number of carbonyl (C=O) groups excluding carboxylic acids is 2. The second kappa shape index (κ2) is 5.42. The molecule has 0 saturated heterocycles. The van der Waals surface area contributed by atoms with Crippen LogP contribution in [0.3, 0.4) is 0 Å². The van der Waals surface area contributed by atoms with Crippen LogP contribution in [-0.4, -0.2) is 27.2 Å². The highest BCUT2D eigenvalue weighted by molar-refractivity contribution is 6.18. The number of para-hydroxylation sites is 2. The molecule has 1 aliphatic heterocycles. The molecule has 0 radical (unpaired) electrons. The molecule has 0 spiro atoms. The van der Waals surface area contributed by atoms with Crippen LogP contribution in [0.4, 0.5) is 11.4 Å². The number of anilines is 2. The van der Waals surface area contributed by atoms with Gasteiger partial charge in [0, 0.05) is 12.2 Å². The average molecular weight is 314 g/mol. The van der Waals surface area contributed by atoms with Crippen LogP contribution in [0.5, 0.6) is 5.75 Å². The predicted molar refractivity (Wildman–Crippen MR) is 85.3 cm³/mol. The Balaban J connectivity index is 1.82. The zero-order valence-electron chi connectivity index (χ0n) is 13.2. The maximum Gasteiger partial charge on any atom is 0.278 e. The van der Waals surface area contributed by atoms with Crippen molar-refractivity contribution in [2.75, 3.05) is 10.6 Å². The number of nitrogens with one attached hydrogen (secondary N) is 2. The van der Waals surface area contributed by atoms with Crippen molar-refractivity contribution in [3.05, 3.63) is 36.7 Å². The smallest absolute Gasteiger partial charge is 0.278 e. The van der Waals surface area contributed by atoms with E-state index in [0.29, 0.717) is 17.1 Å². The lowest BCUT2D eigenvalue weighted by atomic mass is 10.0. The Kier molecular flexibility index (Phi) is 3.55. The van der Waals surface area contributed by atoms with Gasteiger partial charge in [-0.1, -0.05) is 12.1 Å². The quantitative estimate of drug-likeness (QED) is 0.850. The van der Waals surface area contributed by atoms with E-state index in [0.717, 1.165) is 0 Å². The van der Waals surface area contributed by atoms with Crippen LogP contribution in [0.25, 0.3) is 0 Å². The van der Waals surface area contributed by atoms with Gasteiger partial charge in [-0.2, -0.15) is 5.10 Å². The normalized spacial score (nSPS) is 19.7. The molecule has 1 aliphatic rings. The van der Waals surface area contributed by atoms with Crippen molar-refractivity contribution in [1.82, 2.24) is 9.78 Å². The molecule has 0 unspecified atom stereocenters. The van der Waals surface area contributed by atoms with Crippen molar-refractivity contribution in [3.8, 4) is 5.75 Å². The summed E-state index contributed by atoms with van der Waals surface area (Å²) in [4.78, 5) is 24.9. The predicted octanol–water partition coefficient (Wildman–Crippen LogP) is 2.19. The van der Waals surface area contributed by atoms with Crippen LogP contribution in [0.1, 0.15) is 26.8 Å². The molecule has 0 fully saturated rings. The number of carbonyl (C=O) groups is 2. The van der Waals surface area contributed by atoms with Gasteiger partial charge in [0.25, 0.3) is 17.4 Å². The van der Waals surface area contributed by atoms with Gasteiger partial charge in [-0.15, -0.1) is 0 Å². The molecule has 1 aromatic carbocycles. The third-order valence-corrected chi connectivity index (χ3v) is 3.70. The van der Waals surface area contributed by atoms with Gasteiger partial charge in [-0.3, -0.25) is 14.3 Å². The maximum absolute atomic E-state index is 12.6. The van der Waals surface area contributed by atoms with Gasteiger partial charge in [0.15, 0.2) is 0 Å². The number of ether oxygens (including phenoxy) is 1. The first-order valence-corrected chi connectivity index (χ1v) is 7.35. The molecule has 23 heavy (non-hydrogen) atoms. The number of hydrogen-bond acceptors (Lipinski definition) is 4. The fourth-order valence-corrected chi connectivity index (χ4v) is 2.25. The summed E-state index contributed by atoms with van der Waals surface area (Å²) in [7, 11) is 0. The third kappa shape index (κ3) is 2.65. The highest BCUT2D eigenvalue weighted by atomic mass is 16.5. The Morgan fingerprint density at radius 1 is 1.39 bits per heavy atom. The lowest BCUT2D eigenvalue weighted by Gasteiger charge is -2.33. The minimum Gasteiger partial charge on any atom is -0.466 e. The summed E-state index contributed by atoms with van der Waals surface area (Å²) in [5.41, 5.74) is -0.579. The van der Waals surface area contributed by atoms with Crippen molar-refractivity contribution in [3.63, 3.8) is 0 Å². The third-order valence-electron chi connectivity index (χ3n) is 3.70. The average Bonchev–Trinajstić information content (AvgIpc) is 2.97. The number of benzene rings is 1. The lowest BCUT2D eigenvalue weighted by Crippen LogP contribution is -2.56. The van der Waals surface area contributed by atoms with Crippen LogP contribution in [-0.2, 0) is 9.59 Å². The highest BCUT2D eigenvalue weighted by Gasteiger charge is 2.47. The second-order valence-electron chi connectivity index (χ2n) is 5.84. The van der Waals surface area contributed by atoms with Gasteiger partial charge in [0.2, 0.25) is 0 Å². The molecule has 120 valence electrons. The first kappa shape index (κ1) is 15.1. The molecule has 7 nitrogen and oxygen atoms in total. The van der Waals surface area contributed by atoms with E-state index in [1.54, 1.807) is 35.1 Å². The first-order chi connectivity index (χ1) is 10.9. The summed E-state index contributed by atoms with van der Waals surface area (Å²) in [6, 6.07) is 7.17. The molecule has 3 rings (SSSR count). The molecule has 2 amide bonds. The lowest BCUT2D eigenvalue weighted by molar-refractivity contribution is -0.143. The molecule has 2 N–H and O–H groups in total. The molecule has 0 saturated carbocycles. The van der Waals surface area contributed by atoms with E-state index < -0.39 is 17.4 Å². The molecule has 1 aromatic heterocycles. The molecular weight excluding hydrogens is 296 g/mol. The van der Waals surface area contributed by atoms with Crippen molar-refractivity contribution >= 4 is 23.2 Å². The molecule has 2 aromatic rings. The van der Waals surface area contributed by atoms with Crippen molar-refractivity contribution in [2.45, 2.75) is 32.4 Å². The van der Waals surface area contributed by atoms with E-state index in [4.69, 9.17) is 4.74 Å². The minimum atomic E-state index is -1.64. The van der Waals surface area contributed by atoms with Gasteiger partial charge in [0.1, 0.15) is 5.75 Å². The second-order valence-corrected chi connectivity index (χ2v) is 5.84. The van der Waals surface area contributed by atoms with Gasteiger partial charge < -0.3 is 15.4 Å². The topological polar surface area (TPSA) is 85.3 Å². The molecule has 1 atom stereocenters. The van der Waals surface area contributed by atoms with Gasteiger partial charge in [-0.25, -0.2) is 0 Å². The number of amides is 2. The van der Waals surface area contributed by atoms with Crippen LogP contribution in [0.15, 0.2) is 36.7 Å². The van der Waals surface area contributed by atoms with E-state index in [1.807, 2.05) is 13.8 Å². The fraction of sp³-hybridized carbons (Fsp3) is 0.312. The molecule has 2 heterocycles. The minimum absolute atomic E-state index is 0.178. The van der Waals surface area contributed by atoms with E-state index >= 15 is 0 Å². The Labute approximate surface area is 133 Å². The fourth-order valence-electron chi connectivity index (χ4n) is 2.25. The van der Waals surface area contributed by atoms with Crippen molar-refractivity contribution in [2.24, 2.45) is 0 Å². The number of rotatable bonds is 3. The zero-order valence-corrected chi connectivity index (χ0v) is 13.2. The standard InChI is InChI=1S/C16H18N4O3/c1-10(2)20-9-11(8-17-20)18-14(21)16(3)15(22)19-12-6-4-5-7-13(12)23-16/h4-10H,1-3H3,(H,18,21)(H,19,22)/t16-/m1/s1. The summed E-state index contributed by atoms with van der Waals surface area (Å²) in [6.45, 7) is 5.41. The maximum atomic E-state index is 12.6. The Morgan fingerprint density at radius 2 is 2.13 bits per heavy atom. The molecule has 0 aliphatic carbocycles. The molecular formula is C16H18N4O3. The summed E-state index contributed by atoms with van der Waals surface area (Å²) < 4.78 is 7.39. The Morgan fingerprint density at radius 3 is 2.83 bits per heavy atom. The van der Waals surface area contributed by atoms with E-state index in [1.165, 1.54) is 13.1 Å². The number of aromatic nitrogens is 2. The van der Waals surface area contributed by atoms with Gasteiger partial charge in [-0.05, 0) is 32.9 Å². The van der Waals surface area contributed by atoms with E-state index in [9.17, 15) is 9.59 Å². The van der Waals surface area contributed by atoms with Gasteiger partial charge in [0.05, 0.1) is 17.6 Å². The van der Waals surface area contributed by atoms with Crippen LogP contribution in [0, 0.1) is 0 Å². The SMILES string of the molecule is CC(C)n1cc(NC(=O)[C@@]2(C)Oc3ccccc3NC2=O)cn1. The largest absolute Gasteiger partial charge is 0.466 e. The van der Waals surface area contributed by atoms with E-state index in [-0.39, 0.29) is 6.04 Å². The first-order valence-electron chi connectivity index (χ1n) is 7.35. The Bertz CT molecular complexity index is 768. The highest BCUT2D eigenvalue weighted by Crippen LogP contribution is 2.33. The zero-order chi connectivity index (χ0) is 16.6. The Hall–Kier alpha value is -2.83. The summed E-state index contributed by atoms with van der Waals surface area (Å²) in [5.74, 6) is -0.597. The number of nitrogens with zero attached hydrogens (tertiary/aromatic N) is 2.